The summed E-state index contributed by atoms with van der Waals surface area (Å²) in [5.41, 5.74) is 1.83. The Balaban J connectivity index is 1.79. The van der Waals surface area contributed by atoms with E-state index in [9.17, 15) is 14.4 Å². The number of carbonyl (C=O) groups is 1. The molecule has 0 fully saturated rings. The van der Waals surface area contributed by atoms with Crippen LogP contribution in [0.1, 0.15) is 55.9 Å². The van der Waals surface area contributed by atoms with Crippen molar-refractivity contribution in [3.8, 4) is 17.7 Å². The number of carbonyl (C=O) groups excluding carboxylic acids is 1. The van der Waals surface area contributed by atoms with Gasteiger partial charge < -0.3 is 14.8 Å². The predicted octanol–water partition coefficient (Wildman–Crippen LogP) is 5.51. The van der Waals surface area contributed by atoms with E-state index in [0.717, 1.165) is 16.9 Å². The van der Waals surface area contributed by atoms with Gasteiger partial charge in [-0.25, -0.2) is 9.37 Å². The molecule has 3 aromatic rings. The Morgan fingerprint density at radius 3 is 2.47 bits per heavy atom. The molecule has 0 spiro atoms. The monoisotopic (exact) mass is 489 g/mol. The lowest BCUT2D eigenvalue weighted by molar-refractivity contribution is -0.135. The molecule has 0 aliphatic carbocycles. The first-order chi connectivity index (χ1) is 17.2. The van der Waals surface area contributed by atoms with Gasteiger partial charge in [0.05, 0.1) is 18.2 Å². The van der Waals surface area contributed by atoms with Crippen molar-refractivity contribution in [1.29, 1.82) is 5.26 Å². The van der Waals surface area contributed by atoms with Gasteiger partial charge in [-0.2, -0.15) is 5.26 Å². The number of pyridine rings is 1. The minimum Gasteiger partial charge on any atom is -0.494 e. The first-order valence-corrected chi connectivity index (χ1v) is 12.0. The number of rotatable bonds is 11. The van der Waals surface area contributed by atoms with Gasteiger partial charge in [-0.1, -0.05) is 24.3 Å². The minimum absolute atomic E-state index is 0.0991. The summed E-state index contributed by atoms with van der Waals surface area (Å²) in [5.74, 6) is 0.641. The summed E-state index contributed by atoms with van der Waals surface area (Å²) in [6.07, 6.45) is 2.04. The number of nitrogens with zero attached hydrogens (tertiary/aromatic N) is 2. The first-order valence-electron chi connectivity index (χ1n) is 12.0. The zero-order valence-electron chi connectivity index (χ0n) is 21.1. The molecule has 0 saturated carbocycles. The second-order valence-electron chi connectivity index (χ2n) is 9.14. The number of benzene rings is 2. The van der Waals surface area contributed by atoms with Crippen LogP contribution in [-0.4, -0.2) is 29.1 Å². The van der Waals surface area contributed by atoms with E-state index in [0.29, 0.717) is 24.2 Å². The fourth-order valence-corrected chi connectivity index (χ4v) is 3.90. The molecule has 1 N–H and O–H groups in total. The number of halogens is 1. The highest BCUT2D eigenvalue weighted by Crippen LogP contribution is 2.27. The van der Waals surface area contributed by atoms with E-state index in [2.05, 4.69) is 16.4 Å². The Hall–Kier alpha value is -3.92. The highest BCUT2D eigenvalue weighted by molar-refractivity contribution is 5.85. The van der Waals surface area contributed by atoms with Crippen molar-refractivity contribution in [2.75, 3.05) is 6.61 Å². The minimum atomic E-state index is -1.21. The number of nitrogens with one attached hydrogen (secondary N) is 1. The normalized spacial score (nSPS) is 12.8. The molecular formula is C29H32FN3O3. The molecule has 0 radical (unpaired) electrons. The second kappa shape index (κ2) is 12.2. The quantitative estimate of drug-likeness (QED) is 0.384. The Labute approximate surface area is 212 Å². The molecule has 2 aromatic carbocycles. The molecule has 0 aliphatic rings. The predicted molar refractivity (Wildman–Crippen MR) is 137 cm³/mol. The van der Waals surface area contributed by atoms with Gasteiger partial charge in [0, 0.05) is 29.8 Å². The van der Waals surface area contributed by atoms with E-state index < -0.39 is 12.3 Å². The van der Waals surface area contributed by atoms with Crippen LogP contribution in [0.15, 0.2) is 66.9 Å². The highest BCUT2D eigenvalue weighted by atomic mass is 19.1. The molecule has 0 bridgehead atoms. The summed E-state index contributed by atoms with van der Waals surface area (Å²) >= 11 is 0. The fourth-order valence-electron chi connectivity index (χ4n) is 3.90. The summed E-state index contributed by atoms with van der Waals surface area (Å²) in [7, 11) is 0. The summed E-state index contributed by atoms with van der Waals surface area (Å²) in [5, 5.41) is 12.5. The molecule has 2 unspecified atom stereocenters. The van der Waals surface area contributed by atoms with Crippen LogP contribution in [0.5, 0.6) is 11.6 Å². The number of aromatic nitrogens is 1. The van der Waals surface area contributed by atoms with E-state index in [-0.39, 0.29) is 23.7 Å². The smallest absolute Gasteiger partial charge is 0.263 e. The van der Waals surface area contributed by atoms with E-state index in [1.165, 1.54) is 6.20 Å². The Morgan fingerprint density at radius 1 is 1.14 bits per heavy atom. The number of alkyl halides is 1. The van der Waals surface area contributed by atoms with Crippen LogP contribution in [0.2, 0.25) is 0 Å². The standard InChI is InChI=1S/C29H32FN3O3/c1-5-35-25-12-9-21(10-13-25)16-26(24-8-6-7-22(15-24)18-31)20(2)33-28(34)29(3,4)36-27-14-11-23(17-30)19-32-27/h6-15,19-20,26H,5,16-17H2,1-4H3,(H,33,34). The average Bonchev–Trinajstić information content (AvgIpc) is 2.88. The lowest BCUT2D eigenvalue weighted by Crippen LogP contribution is -2.51. The van der Waals surface area contributed by atoms with Gasteiger partial charge in [0.2, 0.25) is 5.88 Å². The molecule has 188 valence electrons. The molecule has 6 nitrogen and oxygen atoms in total. The molecule has 7 heteroatoms. The maximum atomic E-state index is 13.2. The third kappa shape index (κ3) is 7.05. The van der Waals surface area contributed by atoms with Gasteiger partial charge in [-0.3, -0.25) is 4.79 Å². The summed E-state index contributed by atoms with van der Waals surface area (Å²) < 4.78 is 24.2. The molecular weight excluding hydrogens is 457 g/mol. The highest BCUT2D eigenvalue weighted by Gasteiger charge is 2.33. The van der Waals surface area contributed by atoms with Crippen molar-refractivity contribution >= 4 is 5.91 Å². The van der Waals surface area contributed by atoms with Crippen LogP contribution in [0.3, 0.4) is 0 Å². The van der Waals surface area contributed by atoms with Crippen molar-refractivity contribution in [1.82, 2.24) is 10.3 Å². The van der Waals surface area contributed by atoms with Crippen molar-refractivity contribution < 1.29 is 18.7 Å². The molecule has 36 heavy (non-hydrogen) atoms. The Bertz CT molecular complexity index is 1190. The number of hydrogen-bond donors (Lipinski definition) is 1. The maximum absolute atomic E-state index is 13.2. The Kier molecular flexibility index (Phi) is 9.02. The average molecular weight is 490 g/mol. The van der Waals surface area contributed by atoms with Gasteiger partial charge in [-0.05, 0) is 75.6 Å². The largest absolute Gasteiger partial charge is 0.494 e. The summed E-state index contributed by atoms with van der Waals surface area (Å²) in [4.78, 5) is 17.3. The van der Waals surface area contributed by atoms with Gasteiger partial charge in [0.1, 0.15) is 12.4 Å². The van der Waals surface area contributed by atoms with E-state index in [1.54, 1.807) is 32.0 Å². The lowest BCUT2D eigenvalue weighted by Gasteiger charge is -2.30. The zero-order valence-corrected chi connectivity index (χ0v) is 21.1. The van der Waals surface area contributed by atoms with E-state index in [4.69, 9.17) is 9.47 Å². The van der Waals surface area contributed by atoms with Crippen molar-refractivity contribution in [2.24, 2.45) is 0 Å². The molecule has 1 amide bonds. The fraction of sp³-hybridized carbons (Fsp3) is 0.345. The third-order valence-corrected chi connectivity index (χ3v) is 5.95. The summed E-state index contributed by atoms with van der Waals surface area (Å²) in [6.45, 7) is 7.20. The van der Waals surface area contributed by atoms with Crippen LogP contribution in [0.25, 0.3) is 0 Å². The van der Waals surface area contributed by atoms with Crippen molar-refractivity contribution in [3.05, 3.63) is 89.1 Å². The number of ether oxygens (including phenoxy) is 2. The topological polar surface area (TPSA) is 84.2 Å². The summed E-state index contributed by atoms with van der Waals surface area (Å²) in [6, 6.07) is 20.4. The van der Waals surface area contributed by atoms with Gasteiger partial charge >= 0.3 is 0 Å². The number of nitriles is 1. The first kappa shape index (κ1) is 26.7. The zero-order chi connectivity index (χ0) is 26.1. The Morgan fingerprint density at radius 2 is 1.86 bits per heavy atom. The molecule has 1 aromatic heterocycles. The van der Waals surface area contributed by atoms with Gasteiger partial charge in [0.15, 0.2) is 5.60 Å². The van der Waals surface area contributed by atoms with Crippen molar-refractivity contribution in [2.45, 2.75) is 58.4 Å². The SMILES string of the molecule is CCOc1ccc(CC(c2cccc(C#N)c2)C(C)NC(=O)C(C)(C)Oc2ccc(CF)cn2)cc1. The van der Waals surface area contributed by atoms with E-state index >= 15 is 0 Å². The lowest BCUT2D eigenvalue weighted by atomic mass is 9.85. The molecule has 0 aliphatic heterocycles. The molecule has 0 saturated heterocycles. The van der Waals surface area contributed by atoms with Crippen LogP contribution in [0.4, 0.5) is 4.39 Å². The number of hydrogen-bond acceptors (Lipinski definition) is 5. The van der Waals surface area contributed by atoms with Gasteiger partial charge in [-0.15, -0.1) is 0 Å². The molecule has 3 rings (SSSR count). The van der Waals surface area contributed by atoms with Crippen LogP contribution < -0.4 is 14.8 Å². The van der Waals surface area contributed by atoms with E-state index in [1.807, 2.05) is 56.3 Å². The number of amides is 1. The molecule has 1 heterocycles. The molecule has 2 atom stereocenters. The van der Waals surface area contributed by atoms with Gasteiger partial charge in [0.25, 0.3) is 5.91 Å². The maximum Gasteiger partial charge on any atom is 0.263 e. The van der Waals surface area contributed by atoms with Crippen molar-refractivity contribution in [3.63, 3.8) is 0 Å². The van der Waals surface area contributed by atoms with Crippen LogP contribution >= 0.6 is 0 Å². The van der Waals surface area contributed by atoms with Crippen LogP contribution in [0, 0.1) is 11.3 Å². The van der Waals surface area contributed by atoms with Crippen LogP contribution in [-0.2, 0) is 17.9 Å². The third-order valence-electron chi connectivity index (χ3n) is 5.95. The second-order valence-corrected chi connectivity index (χ2v) is 9.14.